The van der Waals surface area contributed by atoms with Gasteiger partial charge in [0.05, 0.1) is 5.56 Å². The monoisotopic (exact) mass is 311 g/mol. The summed E-state index contributed by atoms with van der Waals surface area (Å²) in [6.45, 7) is 5.97. The minimum atomic E-state index is -0.105. The summed E-state index contributed by atoms with van der Waals surface area (Å²) < 4.78 is 1.72. The van der Waals surface area contributed by atoms with E-state index in [1.807, 2.05) is 24.3 Å². The van der Waals surface area contributed by atoms with E-state index in [-0.39, 0.29) is 18.2 Å². The number of aromatic nitrogens is 1. The van der Waals surface area contributed by atoms with Gasteiger partial charge < -0.3 is 5.32 Å². The summed E-state index contributed by atoms with van der Waals surface area (Å²) in [6, 6.07) is 11.4. The fourth-order valence-electron chi connectivity index (χ4n) is 2.44. The van der Waals surface area contributed by atoms with Crippen molar-refractivity contribution in [1.82, 2.24) is 0 Å². The fourth-order valence-corrected chi connectivity index (χ4v) is 2.44. The second-order valence-electron chi connectivity index (χ2n) is 5.77. The van der Waals surface area contributed by atoms with E-state index in [9.17, 15) is 9.59 Å². The molecule has 0 radical (unpaired) electrons. The summed E-state index contributed by atoms with van der Waals surface area (Å²) in [5, 5.41) is 2.98. The van der Waals surface area contributed by atoms with E-state index in [2.05, 4.69) is 19.2 Å². The summed E-state index contributed by atoms with van der Waals surface area (Å²) in [7, 11) is 0. The number of benzene rings is 1. The third-order valence-corrected chi connectivity index (χ3v) is 3.97. The molecule has 0 fully saturated rings. The number of carbonyl (C=O) groups excluding carboxylic acids is 2. The standard InChI is InChI=1S/C19H22N2O2/c1-4-14(2)17-9-5-6-10-18(17)20-19(23)13-21-11-7-8-16(12-21)15(3)22/h5-12,14H,4,13H2,1-3H3/p+1/t14-/m0/s1. The van der Waals surface area contributed by atoms with Gasteiger partial charge in [-0.1, -0.05) is 32.0 Å². The van der Waals surface area contributed by atoms with E-state index in [0.29, 0.717) is 11.5 Å². The third kappa shape index (κ3) is 4.49. The zero-order chi connectivity index (χ0) is 16.8. The molecule has 1 heterocycles. The number of amides is 1. The Morgan fingerprint density at radius 2 is 1.91 bits per heavy atom. The molecule has 0 saturated carbocycles. The third-order valence-electron chi connectivity index (χ3n) is 3.97. The molecule has 0 spiro atoms. The Balaban J connectivity index is 2.11. The number of Topliss-reactive ketones (excluding diaryl/α,β-unsaturated/α-hetero) is 1. The quantitative estimate of drug-likeness (QED) is 0.657. The number of rotatable bonds is 6. The molecule has 0 bridgehead atoms. The maximum atomic E-state index is 12.3. The van der Waals surface area contributed by atoms with E-state index in [0.717, 1.165) is 17.7 Å². The molecule has 0 saturated heterocycles. The molecule has 4 heteroatoms. The molecule has 0 unspecified atom stereocenters. The van der Waals surface area contributed by atoms with Gasteiger partial charge in [-0.25, -0.2) is 0 Å². The number of hydrogen-bond donors (Lipinski definition) is 1. The Morgan fingerprint density at radius 3 is 2.61 bits per heavy atom. The largest absolute Gasteiger partial charge is 0.320 e. The van der Waals surface area contributed by atoms with Crippen molar-refractivity contribution in [3.8, 4) is 0 Å². The van der Waals surface area contributed by atoms with Crippen molar-refractivity contribution >= 4 is 17.4 Å². The average molecular weight is 311 g/mol. The molecule has 2 aromatic rings. The SMILES string of the molecule is CC[C@H](C)c1ccccc1NC(=O)C[n+]1cccc(C(C)=O)c1. The van der Waals surface area contributed by atoms with Crippen molar-refractivity contribution in [2.24, 2.45) is 0 Å². The van der Waals surface area contributed by atoms with Gasteiger partial charge in [-0.15, -0.1) is 0 Å². The van der Waals surface area contributed by atoms with Crippen LogP contribution in [0.3, 0.4) is 0 Å². The highest BCUT2D eigenvalue weighted by Crippen LogP contribution is 2.26. The van der Waals surface area contributed by atoms with Crippen molar-refractivity contribution < 1.29 is 14.2 Å². The summed E-state index contributed by atoms with van der Waals surface area (Å²) in [4.78, 5) is 23.7. The molecule has 120 valence electrons. The zero-order valence-corrected chi connectivity index (χ0v) is 13.9. The predicted molar refractivity (Wildman–Crippen MR) is 90.4 cm³/mol. The minimum Gasteiger partial charge on any atom is -0.320 e. The molecular weight excluding hydrogens is 288 g/mol. The van der Waals surface area contributed by atoms with Gasteiger partial charge in [0.15, 0.2) is 18.2 Å². The fraction of sp³-hybridized carbons (Fsp3) is 0.316. The van der Waals surface area contributed by atoms with Gasteiger partial charge in [0, 0.05) is 11.8 Å². The second kappa shape index (κ2) is 7.68. The first-order valence-electron chi connectivity index (χ1n) is 7.90. The smallest absolute Gasteiger partial charge is 0.290 e. The van der Waals surface area contributed by atoms with Crippen LogP contribution in [0.1, 0.15) is 49.0 Å². The summed E-state index contributed by atoms with van der Waals surface area (Å²) >= 11 is 0. The van der Waals surface area contributed by atoms with Crippen LogP contribution in [0.15, 0.2) is 48.8 Å². The number of pyridine rings is 1. The first-order valence-corrected chi connectivity index (χ1v) is 7.90. The molecule has 0 aliphatic rings. The number of para-hydroxylation sites is 1. The molecule has 1 aromatic carbocycles. The van der Waals surface area contributed by atoms with Crippen molar-refractivity contribution in [3.05, 3.63) is 59.9 Å². The first-order chi connectivity index (χ1) is 11.0. The molecule has 4 nitrogen and oxygen atoms in total. The Labute approximate surface area is 137 Å². The van der Waals surface area contributed by atoms with Crippen LogP contribution in [-0.2, 0) is 11.3 Å². The lowest BCUT2D eigenvalue weighted by molar-refractivity contribution is -0.684. The van der Waals surface area contributed by atoms with Crippen molar-refractivity contribution in [2.45, 2.75) is 39.7 Å². The number of nitrogens with zero attached hydrogens (tertiary/aromatic N) is 1. The van der Waals surface area contributed by atoms with E-state index in [1.165, 1.54) is 6.92 Å². The van der Waals surface area contributed by atoms with Crippen molar-refractivity contribution in [1.29, 1.82) is 0 Å². The van der Waals surface area contributed by atoms with Crippen LogP contribution < -0.4 is 9.88 Å². The van der Waals surface area contributed by atoms with Crippen LogP contribution in [0.25, 0.3) is 0 Å². The molecule has 2 rings (SSSR count). The van der Waals surface area contributed by atoms with E-state index < -0.39 is 0 Å². The van der Waals surface area contributed by atoms with Gasteiger partial charge in [-0.3, -0.25) is 9.59 Å². The van der Waals surface area contributed by atoms with Crippen LogP contribution >= 0.6 is 0 Å². The van der Waals surface area contributed by atoms with Crippen LogP contribution in [-0.4, -0.2) is 11.7 Å². The van der Waals surface area contributed by atoms with Crippen LogP contribution in [0.2, 0.25) is 0 Å². The zero-order valence-electron chi connectivity index (χ0n) is 13.9. The predicted octanol–water partition coefficient (Wildman–Crippen LogP) is 3.33. The van der Waals surface area contributed by atoms with E-state index in [1.54, 1.807) is 29.1 Å². The molecule has 1 atom stereocenters. The van der Waals surface area contributed by atoms with Gasteiger partial charge >= 0.3 is 0 Å². The van der Waals surface area contributed by atoms with Crippen molar-refractivity contribution in [2.75, 3.05) is 5.32 Å². The molecule has 1 aromatic heterocycles. The van der Waals surface area contributed by atoms with Gasteiger partial charge in [-0.2, -0.15) is 4.57 Å². The number of anilines is 1. The lowest BCUT2D eigenvalue weighted by Crippen LogP contribution is -2.40. The summed E-state index contributed by atoms with van der Waals surface area (Å²) in [5.74, 6) is 0.272. The van der Waals surface area contributed by atoms with Gasteiger partial charge in [0.25, 0.3) is 5.91 Å². The highest BCUT2D eigenvalue weighted by Gasteiger charge is 2.15. The lowest BCUT2D eigenvalue weighted by atomic mass is 9.97. The topological polar surface area (TPSA) is 50.1 Å². The lowest BCUT2D eigenvalue weighted by Gasteiger charge is -2.15. The molecular formula is C19H23N2O2+. The normalized spacial score (nSPS) is 11.8. The van der Waals surface area contributed by atoms with Gasteiger partial charge in [0.1, 0.15) is 0 Å². The van der Waals surface area contributed by atoms with Gasteiger partial charge in [0.2, 0.25) is 6.54 Å². The Hall–Kier alpha value is -2.49. The summed E-state index contributed by atoms with van der Waals surface area (Å²) in [6.07, 6.45) is 4.50. The second-order valence-corrected chi connectivity index (χ2v) is 5.77. The Kier molecular flexibility index (Phi) is 5.63. The van der Waals surface area contributed by atoms with Crippen LogP contribution in [0.4, 0.5) is 5.69 Å². The number of hydrogen-bond acceptors (Lipinski definition) is 2. The number of carbonyl (C=O) groups is 2. The van der Waals surface area contributed by atoms with E-state index >= 15 is 0 Å². The Morgan fingerprint density at radius 1 is 1.17 bits per heavy atom. The van der Waals surface area contributed by atoms with Crippen LogP contribution in [0, 0.1) is 0 Å². The first kappa shape index (κ1) is 16.9. The van der Waals surface area contributed by atoms with Gasteiger partial charge in [-0.05, 0) is 37.0 Å². The minimum absolute atomic E-state index is 0.0122. The number of nitrogens with one attached hydrogen (secondary N) is 1. The molecule has 0 aliphatic carbocycles. The Bertz CT molecular complexity index is 710. The number of ketones is 1. The maximum absolute atomic E-state index is 12.3. The molecule has 1 amide bonds. The average Bonchev–Trinajstić information content (AvgIpc) is 2.54. The van der Waals surface area contributed by atoms with Crippen molar-refractivity contribution in [3.63, 3.8) is 0 Å². The molecule has 1 N–H and O–H groups in total. The highest BCUT2D eigenvalue weighted by atomic mass is 16.2. The summed E-state index contributed by atoms with van der Waals surface area (Å²) in [5.41, 5.74) is 2.60. The van der Waals surface area contributed by atoms with E-state index in [4.69, 9.17) is 0 Å². The molecule has 23 heavy (non-hydrogen) atoms. The highest BCUT2D eigenvalue weighted by molar-refractivity contribution is 5.93. The maximum Gasteiger partial charge on any atom is 0.290 e. The van der Waals surface area contributed by atoms with Crippen LogP contribution in [0.5, 0.6) is 0 Å². The molecule has 0 aliphatic heterocycles.